The molecule has 0 unspecified atom stereocenters. The van der Waals surface area contributed by atoms with Crippen molar-refractivity contribution in [1.29, 1.82) is 0 Å². The molecule has 94 valence electrons. The molecule has 1 aromatic heterocycles. The molecule has 3 rings (SSSR count). The molecule has 0 spiro atoms. The van der Waals surface area contributed by atoms with E-state index in [1.54, 1.807) is 6.07 Å². The second-order valence-electron chi connectivity index (χ2n) is 4.86. The van der Waals surface area contributed by atoms with Gasteiger partial charge < -0.3 is 15.6 Å². The maximum Gasteiger partial charge on any atom is 0.258 e. The van der Waals surface area contributed by atoms with Crippen molar-refractivity contribution in [2.24, 2.45) is 0 Å². The summed E-state index contributed by atoms with van der Waals surface area (Å²) in [7, 11) is 2.05. The van der Waals surface area contributed by atoms with Gasteiger partial charge in [0.2, 0.25) is 0 Å². The number of hydrogen-bond donors (Lipinski definition) is 2. The van der Waals surface area contributed by atoms with Gasteiger partial charge >= 0.3 is 0 Å². The predicted octanol–water partition coefficient (Wildman–Crippen LogP) is 1.49. The Balaban J connectivity index is 2.12. The van der Waals surface area contributed by atoms with E-state index < -0.39 is 0 Å². The molecule has 0 saturated heterocycles. The van der Waals surface area contributed by atoms with Gasteiger partial charge in [0.15, 0.2) is 0 Å². The molecular formula is C13H16N4O. The normalized spacial score (nSPS) is 15.6. The van der Waals surface area contributed by atoms with Crippen molar-refractivity contribution in [3.8, 4) is 0 Å². The molecule has 0 amide bonds. The summed E-state index contributed by atoms with van der Waals surface area (Å²) in [6, 6.07) is 4.18. The summed E-state index contributed by atoms with van der Waals surface area (Å²) in [6.45, 7) is 0. The maximum atomic E-state index is 11.6. The van der Waals surface area contributed by atoms with Crippen LogP contribution in [0.1, 0.15) is 19.3 Å². The Bertz CT molecular complexity index is 645. The Hall–Kier alpha value is -2.04. The van der Waals surface area contributed by atoms with Crippen molar-refractivity contribution < 1.29 is 0 Å². The number of aromatic amines is 1. The minimum atomic E-state index is -0.149. The third kappa shape index (κ3) is 1.63. The number of nitrogens with zero attached hydrogens (tertiary/aromatic N) is 2. The van der Waals surface area contributed by atoms with Crippen molar-refractivity contribution >= 4 is 22.3 Å². The lowest BCUT2D eigenvalue weighted by atomic mass is 9.91. The zero-order valence-corrected chi connectivity index (χ0v) is 10.3. The van der Waals surface area contributed by atoms with E-state index in [-0.39, 0.29) is 5.56 Å². The van der Waals surface area contributed by atoms with Crippen LogP contribution in [0.4, 0.5) is 11.4 Å². The predicted molar refractivity (Wildman–Crippen MR) is 72.8 cm³/mol. The first kappa shape index (κ1) is 11.1. The standard InChI is InChI=1S/C13H16N4O/c1-17(8-3-2-4-8)12-6-11-9(5-10(12)14)13(18)16-7-15-11/h5-8H,2-4,14H2,1H3,(H,15,16,18). The van der Waals surface area contributed by atoms with E-state index in [0.717, 1.165) is 5.69 Å². The summed E-state index contributed by atoms with van der Waals surface area (Å²) in [4.78, 5) is 20.6. The van der Waals surface area contributed by atoms with Gasteiger partial charge in [-0.15, -0.1) is 0 Å². The number of hydrogen-bond acceptors (Lipinski definition) is 4. The van der Waals surface area contributed by atoms with Crippen LogP contribution in [0, 0.1) is 0 Å². The fourth-order valence-electron chi connectivity index (χ4n) is 2.40. The van der Waals surface area contributed by atoms with Crippen LogP contribution in [-0.4, -0.2) is 23.1 Å². The number of anilines is 2. The fraction of sp³-hybridized carbons (Fsp3) is 0.385. The molecule has 2 aromatic rings. The van der Waals surface area contributed by atoms with Crippen LogP contribution in [0.25, 0.3) is 10.9 Å². The van der Waals surface area contributed by atoms with Gasteiger partial charge in [0.1, 0.15) is 0 Å². The number of nitrogens with two attached hydrogens (primary N) is 1. The summed E-state index contributed by atoms with van der Waals surface area (Å²) in [5, 5.41) is 0.542. The highest BCUT2D eigenvalue weighted by Gasteiger charge is 2.23. The third-order valence-electron chi connectivity index (χ3n) is 3.79. The van der Waals surface area contributed by atoms with Crippen molar-refractivity contribution in [2.75, 3.05) is 17.7 Å². The van der Waals surface area contributed by atoms with Crippen LogP contribution >= 0.6 is 0 Å². The first-order valence-electron chi connectivity index (χ1n) is 6.16. The summed E-state index contributed by atoms with van der Waals surface area (Å²) >= 11 is 0. The Morgan fingerprint density at radius 3 is 2.89 bits per heavy atom. The van der Waals surface area contributed by atoms with Crippen molar-refractivity contribution in [1.82, 2.24) is 9.97 Å². The third-order valence-corrected chi connectivity index (χ3v) is 3.79. The maximum absolute atomic E-state index is 11.6. The number of nitrogen functional groups attached to an aromatic ring is 1. The number of H-pyrrole nitrogens is 1. The summed E-state index contributed by atoms with van der Waals surface area (Å²) in [5.74, 6) is 0. The first-order chi connectivity index (χ1) is 8.66. The van der Waals surface area contributed by atoms with E-state index in [0.29, 0.717) is 22.6 Å². The second kappa shape index (κ2) is 4.01. The van der Waals surface area contributed by atoms with E-state index in [4.69, 9.17) is 5.73 Å². The number of nitrogens with one attached hydrogen (secondary N) is 1. The summed E-state index contributed by atoms with van der Waals surface area (Å²) < 4.78 is 0. The van der Waals surface area contributed by atoms with E-state index in [1.807, 2.05) is 6.07 Å². The lowest BCUT2D eigenvalue weighted by Gasteiger charge is -2.37. The molecule has 0 aliphatic heterocycles. The average Bonchev–Trinajstić information content (AvgIpc) is 2.27. The molecule has 5 nitrogen and oxygen atoms in total. The van der Waals surface area contributed by atoms with Gasteiger partial charge in [0.25, 0.3) is 5.56 Å². The van der Waals surface area contributed by atoms with Gasteiger partial charge in [-0.05, 0) is 31.4 Å². The molecule has 1 saturated carbocycles. The zero-order valence-electron chi connectivity index (χ0n) is 10.3. The van der Waals surface area contributed by atoms with Crippen LogP contribution in [-0.2, 0) is 0 Å². The molecular weight excluding hydrogens is 228 g/mol. The SMILES string of the molecule is CN(c1cc2nc[nH]c(=O)c2cc1N)C1CCC1. The lowest BCUT2D eigenvalue weighted by Crippen LogP contribution is -2.37. The second-order valence-corrected chi connectivity index (χ2v) is 4.86. The van der Waals surface area contributed by atoms with Crippen molar-refractivity contribution in [2.45, 2.75) is 25.3 Å². The molecule has 1 aliphatic rings. The Kier molecular flexibility index (Phi) is 2.47. The largest absolute Gasteiger partial charge is 0.397 e. The summed E-state index contributed by atoms with van der Waals surface area (Å²) in [6.07, 6.45) is 5.11. The monoisotopic (exact) mass is 244 g/mol. The summed E-state index contributed by atoms with van der Waals surface area (Å²) in [5.41, 5.74) is 8.19. The minimum absolute atomic E-state index is 0.149. The van der Waals surface area contributed by atoms with Crippen molar-refractivity contribution in [3.05, 3.63) is 28.8 Å². The molecule has 1 aliphatic carbocycles. The van der Waals surface area contributed by atoms with Crippen LogP contribution < -0.4 is 16.2 Å². The van der Waals surface area contributed by atoms with E-state index in [1.165, 1.54) is 25.6 Å². The van der Waals surface area contributed by atoms with Gasteiger partial charge in [-0.3, -0.25) is 4.79 Å². The van der Waals surface area contributed by atoms with Crippen LogP contribution in [0.5, 0.6) is 0 Å². The highest BCUT2D eigenvalue weighted by molar-refractivity contribution is 5.88. The number of aromatic nitrogens is 2. The Labute approximate surface area is 105 Å². The van der Waals surface area contributed by atoms with Gasteiger partial charge in [-0.2, -0.15) is 0 Å². The number of rotatable bonds is 2. The first-order valence-corrected chi connectivity index (χ1v) is 6.16. The van der Waals surface area contributed by atoms with Gasteiger partial charge in [0, 0.05) is 13.1 Å². The van der Waals surface area contributed by atoms with Crippen LogP contribution in [0.2, 0.25) is 0 Å². The van der Waals surface area contributed by atoms with Gasteiger partial charge in [-0.1, -0.05) is 0 Å². The Morgan fingerprint density at radius 1 is 1.44 bits per heavy atom. The van der Waals surface area contributed by atoms with E-state index in [2.05, 4.69) is 21.9 Å². The van der Waals surface area contributed by atoms with E-state index in [9.17, 15) is 4.79 Å². The molecule has 0 radical (unpaired) electrons. The minimum Gasteiger partial charge on any atom is -0.397 e. The fourth-order valence-corrected chi connectivity index (χ4v) is 2.40. The van der Waals surface area contributed by atoms with E-state index >= 15 is 0 Å². The number of benzene rings is 1. The molecule has 0 atom stereocenters. The molecule has 3 N–H and O–H groups in total. The molecule has 1 aromatic carbocycles. The highest BCUT2D eigenvalue weighted by atomic mass is 16.1. The van der Waals surface area contributed by atoms with Crippen LogP contribution in [0.15, 0.2) is 23.3 Å². The topological polar surface area (TPSA) is 75.0 Å². The smallest absolute Gasteiger partial charge is 0.258 e. The molecule has 18 heavy (non-hydrogen) atoms. The van der Waals surface area contributed by atoms with Crippen LogP contribution in [0.3, 0.4) is 0 Å². The van der Waals surface area contributed by atoms with Crippen molar-refractivity contribution in [3.63, 3.8) is 0 Å². The quantitative estimate of drug-likeness (QED) is 0.785. The zero-order chi connectivity index (χ0) is 12.7. The molecule has 1 heterocycles. The lowest BCUT2D eigenvalue weighted by molar-refractivity contribution is 0.401. The average molecular weight is 244 g/mol. The molecule has 5 heteroatoms. The number of fused-ring (bicyclic) bond motifs is 1. The molecule has 0 bridgehead atoms. The highest BCUT2D eigenvalue weighted by Crippen LogP contribution is 2.33. The molecule has 1 fully saturated rings. The van der Waals surface area contributed by atoms with Gasteiger partial charge in [-0.25, -0.2) is 4.98 Å². The Morgan fingerprint density at radius 2 is 2.22 bits per heavy atom. The van der Waals surface area contributed by atoms with Gasteiger partial charge in [0.05, 0.1) is 28.6 Å².